The molecule has 3 rings (SSSR count). The maximum absolute atomic E-state index is 12.4. The molecule has 8 nitrogen and oxygen atoms in total. The zero-order valence-corrected chi connectivity index (χ0v) is 15.9. The summed E-state index contributed by atoms with van der Waals surface area (Å²) in [5.74, 6) is -0.940. The fourth-order valence-electron chi connectivity index (χ4n) is 2.77. The van der Waals surface area contributed by atoms with Crippen molar-refractivity contribution in [1.29, 1.82) is 0 Å². The highest BCUT2D eigenvalue weighted by Crippen LogP contribution is 2.29. The smallest absolute Gasteiger partial charge is 0.387 e. The maximum Gasteiger partial charge on any atom is 0.387 e. The van der Waals surface area contributed by atoms with Gasteiger partial charge in [0, 0.05) is 0 Å². The predicted octanol–water partition coefficient (Wildman–Crippen LogP) is 2.71. The molecule has 1 N–H and O–H groups in total. The number of imide groups is 1. The Balaban J connectivity index is 1.58. The number of carbonyl (C=O) groups excluding carboxylic acids is 3. The fraction of sp³-hybridized carbons (Fsp3) is 0.250. The number of methoxy groups -OCH3 is 1. The Bertz CT molecular complexity index is 933. The average molecular weight is 420 g/mol. The molecule has 0 atom stereocenters. The number of ether oxygens (including phenoxy) is 3. The first-order valence-corrected chi connectivity index (χ1v) is 8.83. The lowest BCUT2D eigenvalue weighted by Gasteiger charge is -2.13. The van der Waals surface area contributed by atoms with Crippen LogP contribution in [0.4, 0.5) is 13.6 Å². The van der Waals surface area contributed by atoms with Crippen molar-refractivity contribution in [3.05, 3.63) is 59.2 Å². The molecule has 2 aromatic carbocycles. The molecule has 0 unspecified atom stereocenters. The topological polar surface area (TPSA) is 94.2 Å². The van der Waals surface area contributed by atoms with Crippen LogP contribution < -0.4 is 14.8 Å². The largest absolute Gasteiger partial charge is 0.493 e. The minimum atomic E-state index is -2.98. The van der Waals surface area contributed by atoms with Gasteiger partial charge in [0.05, 0.1) is 25.8 Å². The van der Waals surface area contributed by atoms with Crippen molar-refractivity contribution in [2.45, 2.75) is 19.8 Å². The summed E-state index contributed by atoms with van der Waals surface area (Å²) in [6, 6.07) is 10.1. The van der Waals surface area contributed by atoms with Crippen LogP contribution in [-0.4, -0.2) is 43.1 Å². The summed E-state index contributed by atoms with van der Waals surface area (Å²) in [6.45, 7) is -3.01. The third kappa shape index (κ3) is 5.02. The number of esters is 1. The second-order valence-corrected chi connectivity index (χ2v) is 6.28. The Morgan fingerprint density at radius 2 is 1.80 bits per heavy atom. The normalized spacial score (nSPS) is 13.4. The summed E-state index contributed by atoms with van der Waals surface area (Å²) in [4.78, 5) is 36.5. The van der Waals surface area contributed by atoms with Gasteiger partial charge in [-0.2, -0.15) is 8.78 Å². The van der Waals surface area contributed by atoms with Gasteiger partial charge in [0.2, 0.25) is 5.91 Å². The zero-order chi connectivity index (χ0) is 21.7. The lowest BCUT2D eigenvalue weighted by Crippen LogP contribution is -2.30. The van der Waals surface area contributed by atoms with E-state index in [0.29, 0.717) is 11.1 Å². The maximum atomic E-state index is 12.4. The van der Waals surface area contributed by atoms with Gasteiger partial charge in [-0.25, -0.2) is 9.59 Å². The molecule has 0 saturated carbocycles. The summed E-state index contributed by atoms with van der Waals surface area (Å²) >= 11 is 0. The van der Waals surface area contributed by atoms with Gasteiger partial charge < -0.3 is 19.5 Å². The van der Waals surface area contributed by atoms with Gasteiger partial charge in [0.15, 0.2) is 11.5 Å². The van der Waals surface area contributed by atoms with Crippen LogP contribution in [0.2, 0.25) is 0 Å². The molecule has 0 bridgehead atoms. The Morgan fingerprint density at radius 3 is 2.40 bits per heavy atom. The van der Waals surface area contributed by atoms with Crippen molar-refractivity contribution in [2.75, 3.05) is 13.7 Å². The van der Waals surface area contributed by atoms with Crippen molar-refractivity contribution in [2.24, 2.45) is 0 Å². The Morgan fingerprint density at radius 1 is 1.10 bits per heavy atom. The van der Waals surface area contributed by atoms with Gasteiger partial charge >= 0.3 is 18.6 Å². The second kappa shape index (κ2) is 9.21. The number of nitrogens with one attached hydrogen (secondary N) is 1. The number of alkyl halides is 2. The first-order valence-electron chi connectivity index (χ1n) is 8.83. The van der Waals surface area contributed by atoms with Crippen LogP contribution in [0.15, 0.2) is 42.5 Å². The van der Waals surface area contributed by atoms with E-state index in [0.717, 1.165) is 4.90 Å². The van der Waals surface area contributed by atoms with Crippen LogP contribution in [0.3, 0.4) is 0 Å². The molecule has 3 amide bonds. The minimum Gasteiger partial charge on any atom is -0.493 e. The molecule has 0 aromatic heterocycles. The third-order valence-corrected chi connectivity index (χ3v) is 4.28. The molecule has 0 aliphatic carbocycles. The quantitative estimate of drug-likeness (QED) is 0.521. The number of halogens is 2. The fourth-order valence-corrected chi connectivity index (χ4v) is 2.77. The molecule has 1 heterocycles. The van der Waals surface area contributed by atoms with Crippen LogP contribution in [0.25, 0.3) is 0 Å². The number of hydrogen-bond donors (Lipinski definition) is 1. The number of nitrogens with zero attached hydrogens (tertiary/aromatic N) is 1. The van der Waals surface area contributed by atoms with Crippen molar-refractivity contribution in [1.82, 2.24) is 10.2 Å². The molecule has 1 aliphatic heterocycles. The summed E-state index contributed by atoms with van der Waals surface area (Å²) in [6.07, 6.45) is 0. The molecular formula is C20H18F2N2O6. The van der Waals surface area contributed by atoms with E-state index in [1.54, 1.807) is 12.1 Å². The summed E-state index contributed by atoms with van der Waals surface area (Å²) in [7, 11) is 1.31. The minimum absolute atomic E-state index is 0.0245. The highest BCUT2D eigenvalue weighted by molar-refractivity contribution is 6.01. The highest BCUT2D eigenvalue weighted by atomic mass is 19.3. The van der Waals surface area contributed by atoms with E-state index in [1.165, 1.54) is 37.4 Å². The van der Waals surface area contributed by atoms with Crippen LogP contribution in [0.1, 0.15) is 21.5 Å². The summed E-state index contributed by atoms with van der Waals surface area (Å²) in [5.41, 5.74) is 1.48. The third-order valence-electron chi connectivity index (χ3n) is 4.28. The van der Waals surface area contributed by atoms with Gasteiger partial charge in [0.25, 0.3) is 0 Å². The molecule has 1 aliphatic rings. The number of hydrogen-bond acceptors (Lipinski definition) is 6. The van der Waals surface area contributed by atoms with Gasteiger partial charge in [-0.15, -0.1) is 0 Å². The molecular weight excluding hydrogens is 402 g/mol. The molecule has 2 aromatic rings. The van der Waals surface area contributed by atoms with E-state index < -0.39 is 18.6 Å². The summed E-state index contributed by atoms with van der Waals surface area (Å²) < 4.78 is 39.3. The van der Waals surface area contributed by atoms with Crippen molar-refractivity contribution >= 4 is 17.9 Å². The van der Waals surface area contributed by atoms with Crippen molar-refractivity contribution in [3.63, 3.8) is 0 Å². The predicted molar refractivity (Wildman–Crippen MR) is 99.1 cm³/mol. The van der Waals surface area contributed by atoms with Gasteiger partial charge in [0.1, 0.15) is 6.61 Å². The zero-order valence-electron chi connectivity index (χ0n) is 15.9. The molecule has 1 saturated heterocycles. The first kappa shape index (κ1) is 21.0. The van der Waals surface area contributed by atoms with E-state index in [4.69, 9.17) is 9.47 Å². The number of rotatable bonds is 8. The first-order chi connectivity index (χ1) is 14.4. The monoisotopic (exact) mass is 420 g/mol. The molecule has 0 radical (unpaired) electrons. The van der Waals surface area contributed by atoms with E-state index in [1.807, 2.05) is 0 Å². The molecule has 10 heteroatoms. The van der Waals surface area contributed by atoms with Gasteiger partial charge in [-0.3, -0.25) is 9.69 Å². The van der Waals surface area contributed by atoms with Crippen LogP contribution in [-0.2, 0) is 22.7 Å². The highest BCUT2D eigenvalue weighted by Gasteiger charge is 2.28. The molecule has 30 heavy (non-hydrogen) atoms. The van der Waals surface area contributed by atoms with Crippen LogP contribution in [0.5, 0.6) is 11.5 Å². The van der Waals surface area contributed by atoms with E-state index in [2.05, 4.69) is 10.1 Å². The lowest BCUT2D eigenvalue weighted by molar-refractivity contribution is -0.125. The molecule has 158 valence electrons. The Hall–Kier alpha value is -3.69. The average Bonchev–Trinajstić information content (AvgIpc) is 3.05. The van der Waals surface area contributed by atoms with Gasteiger partial charge in [-0.1, -0.05) is 18.2 Å². The van der Waals surface area contributed by atoms with E-state index in [9.17, 15) is 23.2 Å². The van der Waals surface area contributed by atoms with E-state index in [-0.39, 0.29) is 42.7 Å². The number of amides is 3. The Labute approximate surface area is 170 Å². The second-order valence-electron chi connectivity index (χ2n) is 6.28. The molecule has 0 spiro atoms. The lowest BCUT2D eigenvalue weighted by atomic mass is 10.1. The van der Waals surface area contributed by atoms with Crippen LogP contribution in [0, 0.1) is 0 Å². The standard InChI is InChI=1S/C20H18F2N2O6/c1-28-16-8-13(4-7-15(16)30-19(21)22)11-29-18(26)14-5-2-12(3-6-14)10-24-17(25)9-23-20(24)27/h2-8,19H,9-11H2,1H3,(H,23,27). The number of urea groups is 1. The molecule has 1 fully saturated rings. The summed E-state index contributed by atoms with van der Waals surface area (Å²) in [5, 5.41) is 2.43. The SMILES string of the molecule is COc1cc(COC(=O)c2ccc(CN3C(=O)CNC3=O)cc2)ccc1OC(F)F. The van der Waals surface area contributed by atoms with Gasteiger partial charge in [-0.05, 0) is 35.4 Å². The number of benzene rings is 2. The van der Waals surface area contributed by atoms with Crippen molar-refractivity contribution in [3.8, 4) is 11.5 Å². The van der Waals surface area contributed by atoms with Crippen molar-refractivity contribution < 1.29 is 37.4 Å². The van der Waals surface area contributed by atoms with Crippen LogP contribution >= 0.6 is 0 Å². The van der Waals surface area contributed by atoms with E-state index >= 15 is 0 Å². The number of carbonyl (C=O) groups is 3. The Kier molecular flexibility index (Phi) is 6.45.